The van der Waals surface area contributed by atoms with Gasteiger partial charge in [-0.25, -0.2) is 14.6 Å². The SMILES string of the molecule is OP(O)CCC1CCN(c2ncnc3cc(-n4ccnn4)ccc23)CC1. The molecule has 1 aliphatic rings. The summed E-state index contributed by atoms with van der Waals surface area (Å²) in [5.41, 5.74) is 1.80. The summed E-state index contributed by atoms with van der Waals surface area (Å²) in [5.74, 6) is 1.52. The third kappa shape index (κ3) is 3.67. The van der Waals surface area contributed by atoms with Crippen molar-refractivity contribution in [2.24, 2.45) is 5.92 Å². The lowest BCUT2D eigenvalue weighted by Gasteiger charge is -2.33. The zero-order valence-corrected chi connectivity index (χ0v) is 15.2. The standard InChI is InChI=1S/C17H21N6O2P/c24-26(25)10-5-13-3-7-22(8-4-13)17-15-2-1-14(23-9-6-20-21-23)11-16(15)18-12-19-17/h1-2,6,9,11-13,24-25H,3-5,7-8,10H2. The van der Waals surface area contributed by atoms with Gasteiger partial charge >= 0.3 is 0 Å². The molecule has 1 aliphatic heterocycles. The van der Waals surface area contributed by atoms with Crippen LogP contribution in [0.1, 0.15) is 19.3 Å². The Hall–Kier alpha value is -2.15. The maximum atomic E-state index is 9.11. The van der Waals surface area contributed by atoms with Gasteiger partial charge in [-0.2, -0.15) is 0 Å². The maximum absolute atomic E-state index is 9.11. The van der Waals surface area contributed by atoms with Crippen LogP contribution in [0.25, 0.3) is 16.6 Å². The molecule has 1 saturated heterocycles. The normalized spacial score (nSPS) is 15.9. The molecule has 9 heteroatoms. The van der Waals surface area contributed by atoms with Gasteiger partial charge in [0.2, 0.25) is 0 Å². The number of rotatable bonds is 5. The average molecular weight is 372 g/mol. The molecule has 0 amide bonds. The lowest BCUT2D eigenvalue weighted by Crippen LogP contribution is -2.34. The molecule has 3 aromatic rings. The predicted octanol–water partition coefficient (Wildman–Crippen LogP) is 2.11. The summed E-state index contributed by atoms with van der Waals surface area (Å²) in [7, 11) is -1.77. The van der Waals surface area contributed by atoms with Crippen LogP contribution in [-0.2, 0) is 0 Å². The molecule has 0 aliphatic carbocycles. The van der Waals surface area contributed by atoms with Gasteiger partial charge in [-0.15, -0.1) is 5.10 Å². The van der Waals surface area contributed by atoms with Crippen LogP contribution in [0, 0.1) is 5.92 Å². The molecular formula is C17H21N6O2P. The number of aromatic nitrogens is 5. The molecule has 136 valence electrons. The Morgan fingerprint density at radius 1 is 1.15 bits per heavy atom. The molecule has 1 aromatic carbocycles. The van der Waals surface area contributed by atoms with E-state index < -0.39 is 8.38 Å². The summed E-state index contributed by atoms with van der Waals surface area (Å²) in [5, 5.41) is 8.90. The van der Waals surface area contributed by atoms with Crippen LogP contribution in [0.4, 0.5) is 5.82 Å². The van der Waals surface area contributed by atoms with Crippen molar-refractivity contribution >= 4 is 25.1 Å². The van der Waals surface area contributed by atoms with E-state index in [1.165, 1.54) is 0 Å². The highest BCUT2D eigenvalue weighted by atomic mass is 31.2. The fourth-order valence-electron chi connectivity index (χ4n) is 3.50. The van der Waals surface area contributed by atoms with Crippen LogP contribution in [0.5, 0.6) is 0 Å². The number of fused-ring (bicyclic) bond motifs is 1. The fraction of sp³-hybridized carbons (Fsp3) is 0.412. The number of hydrogen-bond donors (Lipinski definition) is 2. The van der Waals surface area contributed by atoms with Crippen LogP contribution in [0.15, 0.2) is 36.9 Å². The first-order valence-electron chi connectivity index (χ1n) is 8.72. The topological polar surface area (TPSA) is 100 Å². The Balaban J connectivity index is 1.52. The van der Waals surface area contributed by atoms with E-state index in [9.17, 15) is 0 Å². The van der Waals surface area contributed by atoms with Crippen LogP contribution in [0.2, 0.25) is 0 Å². The smallest absolute Gasteiger partial charge is 0.164 e. The lowest BCUT2D eigenvalue weighted by molar-refractivity contribution is 0.386. The van der Waals surface area contributed by atoms with Crippen LogP contribution in [0.3, 0.4) is 0 Å². The summed E-state index contributed by atoms with van der Waals surface area (Å²) in [6.45, 7) is 1.85. The highest BCUT2D eigenvalue weighted by Crippen LogP contribution is 2.32. The van der Waals surface area contributed by atoms with Crippen molar-refractivity contribution in [3.63, 3.8) is 0 Å². The molecule has 3 heterocycles. The third-order valence-electron chi connectivity index (χ3n) is 4.94. The van der Waals surface area contributed by atoms with Gasteiger partial charge in [-0.05, 0) is 43.4 Å². The summed E-state index contributed by atoms with van der Waals surface area (Å²) in [6, 6.07) is 6.03. The molecular weight excluding hydrogens is 351 g/mol. The first kappa shape index (κ1) is 17.3. The van der Waals surface area contributed by atoms with E-state index >= 15 is 0 Å². The molecule has 0 bridgehead atoms. The molecule has 26 heavy (non-hydrogen) atoms. The number of piperidine rings is 1. The van der Waals surface area contributed by atoms with E-state index in [0.717, 1.165) is 54.8 Å². The first-order chi connectivity index (χ1) is 12.7. The van der Waals surface area contributed by atoms with E-state index in [1.54, 1.807) is 23.4 Å². The summed E-state index contributed by atoms with van der Waals surface area (Å²) >= 11 is 0. The fourth-order valence-corrected chi connectivity index (χ4v) is 4.10. The van der Waals surface area contributed by atoms with Crippen molar-refractivity contribution in [1.29, 1.82) is 0 Å². The number of hydrogen-bond acceptors (Lipinski definition) is 7. The Kier molecular flexibility index (Phi) is 5.06. The third-order valence-corrected chi connectivity index (χ3v) is 5.60. The summed E-state index contributed by atoms with van der Waals surface area (Å²) in [4.78, 5) is 29.5. The molecule has 0 atom stereocenters. The van der Waals surface area contributed by atoms with Gasteiger partial charge in [0.25, 0.3) is 0 Å². The number of anilines is 1. The minimum Gasteiger partial charge on any atom is -0.356 e. The van der Waals surface area contributed by atoms with E-state index in [2.05, 4.69) is 25.2 Å². The summed E-state index contributed by atoms with van der Waals surface area (Å²) < 4.78 is 1.71. The quantitative estimate of drug-likeness (QED) is 0.662. The Bertz CT molecular complexity index is 865. The average Bonchev–Trinajstić information content (AvgIpc) is 3.21. The Morgan fingerprint density at radius 3 is 2.73 bits per heavy atom. The largest absolute Gasteiger partial charge is 0.356 e. The van der Waals surface area contributed by atoms with Crippen LogP contribution in [-0.4, -0.2) is 54.0 Å². The monoisotopic (exact) mass is 372 g/mol. The zero-order chi connectivity index (χ0) is 17.9. The van der Waals surface area contributed by atoms with Crippen molar-refractivity contribution in [2.75, 3.05) is 24.2 Å². The van der Waals surface area contributed by atoms with Crippen LogP contribution < -0.4 is 4.90 Å². The highest BCUT2D eigenvalue weighted by Gasteiger charge is 2.22. The second-order valence-electron chi connectivity index (χ2n) is 6.56. The second kappa shape index (κ2) is 7.61. The second-order valence-corrected chi connectivity index (χ2v) is 7.75. The van der Waals surface area contributed by atoms with Crippen molar-refractivity contribution in [1.82, 2.24) is 25.0 Å². The number of nitrogens with zero attached hydrogens (tertiary/aromatic N) is 6. The van der Waals surface area contributed by atoms with E-state index in [-0.39, 0.29) is 0 Å². The van der Waals surface area contributed by atoms with Gasteiger partial charge < -0.3 is 14.7 Å². The van der Waals surface area contributed by atoms with E-state index in [4.69, 9.17) is 9.79 Å². The van der Waals surface area contributed by atoms with Gasteiger partial charge in [0.15, 0.2) is 8.38 Å². The minimum atomic E-state index is -1.77. The van der Waals surface area contributed by atoms with E-state index in [1.807, 2.05) is 18.2 Å². The molecule has 8 nitrogen and oxygen atoms in total. The van der Waals surface area contributed by atoms with Crippen molar-refractivity contribution in [2.45, 2.75) is 19.3 Å². The van der Waals surface area contributed by atoms with Gasteiger partial charge in [-0.1, -0.05) is 5.21 Å². The van der Waals surface area contributed by atoms with Gasteiger partial charge in [0, 0.05) is 24.6 Å². The van der Waals surface area contributed by atoms with Gasteiger partial charge in [0.05, 0.1) is 23.6 Å². The number of benzene rings is 1. The van der Waals surface area contributed by atoms with Gasteiger partial charge in [0.1, 0.15) is 12.1 Å². The molecule has 1 fully saturated rings. The first-order valence-corrected chi connectivity index (χ1v) is 10.2. The lowest BCUT2D eigenvalue weighted by atomic mass is 9.94. The van der Waals surface area contributed by atoms with Crippen molar-refractivity contribution < 1.29 is 9.79 Å². The van der Waals surface area contributed by atoms with Gasteiger partial charge in [-0.3, -0.25) is 0 Å². The Morgan fingerprint density at radius 2 is 2.00 bits per heavy atom. The summed E-state index contributed by atoms with van der Waals surface area (Å²) in [6.07, 6.45) is 8.56. The molecule has 2 N–H and O–H groups in total. The molecule has 0 spiro atoms. The zero-order valence-electron chi connectivity index (χ0n) is 14.3. The molecule has 2 aromatic heterocycles. The molecule has 0 radical (unpaired) electrons. The van der Waals surface area contributed by atoms with Crippen molar-refractivity contribution in [3.8, 4) is 5.69 Å². The molecule has 0 saturated carbocycles. The molecule has 0 unspecified atom stereocenters. The maximum Gasteiger partial charge on any atom is 0.164 e. The minimum absolute atomic E-state index is 0.515. The van der Waals surface area contributed by atoms with Crippen LogP contribution >= 0.6 is 8.38 Å². The van der Waals surface area contributed by atoms with E-state index in [0.29, 0.717) is 12.1 Å². The van der Waals surface area contributed by atoms with Crippen molar-refractivity contribution in [3.05, 3.63) is 36.9 Å². The molecule has 4 rings (SSSR count). The highest BCUT2D eigenvalue weighted by molar-refractivity contribution is 7.45. The Labute approximate surface area is 152 Å². The predicted molar refractivity (Wildman–Crippen MR) is 100 cm³/mol.